The van der Waals surface area contributed by atoms with Gasteiger partial charge in [0.05, 0.1) is 0 Å². The zero-order chi connectivity index (χ0) is 6.15. The first kappa shape index (κ1) is 9.11. The smallest absolute Gasteiger partial charge is 0.241 e. The molecule has 0 heterocycles. The second-order valence-electron chi connectivity index (χ2n) is 2.23. The quantitative estimate of drug-likeness (QED) is 0.642. The number of alkyl halides is 2. The molecular formula is C5H10ClF2N. The molecule has 0 bridgehead atoms. The van der Waals surface area contributed by atoms with Crippen LogP contribution in [0.15, 0.2) is 0 Å². The molecule has 0 radical (unpaired) electrons. The van der Waals surface area contributed by atoms with Gasteiger partial charge in [0.1, 0.15) is 0 Å². The Morgan fingerprint density at radius 2 is 2.11 bits per heavy atom. The number of hydrogen-bond acceptors (Lipinski definition) is 1. The molecule has 1 nitrogen and oxygen atoms in total. The highest BCUT2D eigenvalue weighted by Crippen LogP contribution is 2.41. The second-order valence-corrected chi connectivity index (χ2v) is 2.23. The molecule has 4 heteroatoms. The molecule has 1 aliphatic rings. The molecule has 2 N–H and O–H groups in total. The van der Waals surface area contributed by atoms with E-state index in [4.69, 9.17) is 5.73 Å². The Hall–Kier alpha value is 0.110. The Balaban J connectivity index is 0.000000640. The fourth-order valence-corrected chi connectivity index (χ4v) is 0.851. The van der Waals surface area contributed by atoms with E-state index < -0.39 is 6.43 Å². The summed E-state index contributed by atoms with van der Waals surface area (Å²) < 4.78 is 23.2. The molecule has 0 aromatic rings. The van der Waals surface area contributed by atoms with Crippen molar-refractivity contribution in [2.75, 3.05) is 6.54 Å². The Labute approximate surface area is 59.0 Å². The minimum Gasteiger partial charge on any atom is -0.330 e. The van der Waals surface area contributed by atoms with Crippen LogP contribution in [-0.2, 0) is 0 Å². The third-order valence-electron chi connectivity index (χ3n) is 1.60. The number of halogens is 3. The highest BCUT2D eigenvalue weighted by molar-refractivity contribution is 5.85. The molecule has 1 rings (SSSR count). The summed E-state index contributed by atoms with van der Waals surface area (Å²) in [6.07, 6.45) is -1.50. The van der Waals surface area contributed by atoms with Crippen LogP contribution in [0, 0.1) is 11.8 Å². The lowest BCUT2D eigenvalue weighted by Crippen LogP contribution is -2.05. The Bertz CT molecular complexity index is 89.0. The van der Waals surface area contributed by atoms with Crippen molar-refractivity contribution in [3.8, 4) is 0 Å². The zero-order valence-corrected chi connectivity index (χ0v) is 5.70. The van der Waals surface area contributed by atoms with Gasteiger partial charge in [0.25, 0.3) is 0 Å². The van der Waals surface area contributed by atoms with Gasteiger partial charge >= 0.3 is 0 Å². The van der Waals surface area contributed by atoms with Crippen LogP contribution < -0.4 is 5.73 Å². The molecule has 0 aromatic carbocycles. The van der Waals surface area contributed by atoms with Crippen LogP contribution in [0.4, 0.5) is 8.78 Å². The topological polar surface area (TPSA) is 26.0 Å². The van der Waals surface area contributed by atoms with Crippen molar-refractivity contribution in [2.24, 2.45) is 17.6 Å². The first-order valence-electron chi connectivity index (χ1n) is 2.74. The largest absolute Gasteiger partial charge is 0.330 e. The number of rotatable bonds is 2. The summed E-state index contributed by atoms with van der Waals surface area (Å²) >= 11 is 0. The third-order valence-corrected chi connectivity index (χ3v) is 1.60. The molecule has 0 saturated heterocycles. The Kier molecular flexibility index (Phi) is 3.36. The maximum absolute atomic E-state index is 11.6. The van der Waals surface area contributed by atoms with Crippen molar-refractivity contribution in [1.82, 2.24) is 0 Å². The minimum absolute atomic E-state index is 0. The SMILES string of the molecule is Cl.NC[C@@H]1C[C@@H]1C(F)F. The van der Waals surface area contributed by atoms with Gasteiger partial charge in [-0.2, -0.15) is 0 Å². The molecule has 0 aliphatic heterocycles. The van der Waals surface area contributed by atoms with Crippen LogP contribution in [0.3, 0.4) is 0 Å². The fraction of sp³-hybridized carbons (Fsp3) is 1.00. The standard InChI is InChI=1S/C5H9F2N.ClH/c6-5(7)4-1-3(4)2-8;/h3-5H,1-2,8H2;1H/t3-,4-;/m0./s1. The van der Waals surface area contributed by atoms with E-state index in [0.29, 0.717) is 13.0 Å². The van der Waals surface area contributed by atoms with Crippen LogP contribution in [0.1, 0.15) is 6.42 Å². The predicted molar refractivity (Wildman–Crippen MR) is 33.9 cm³/mol. The molecule has 1 fully saturated rings. The van der Waals surface area contributed by atoms with Gasteiger partial charge in [-0.05, 0) is 18.9 Å². The normalized spacial score (nSPS) is 32.0. The molecule has 0 spiro atoms. The number of hydrogen-bond donors (Lipinski definition) is 1. The van der Waals surface area contributed by atoms with E-state index in [1.165, 1.54) is 0 Å². The van der Waals surface area contributed by atoms with Gasteiger partial charge in [-0.3, -0.25) is 0 Å². The average molecular weight is 158 g/mol. The lowest BCUT2D eigenvalue weighted by atomic mass is 10.3. The lowest BCUT2D eigenvalue weighted by molar-refractivity contribution is 0.116. The maximum atomic E-state index is 11.6. The van der Waals surface area contributed by atoms with E-state index in [1.807, 2.05) is 0 Å². The van der Waals surface area contributed by atoms with Crippen molar-refractivity contribution < 1.29 is 8.78 Å². The minimum atomic E-state index is -2.14. The Morgan fingerprint density at radius 1 is 1.56 bits per heavy atom. The van der Waals surface area contributed by atoms with Crippen molar-refractivity contribution in [2.45, 2.75) is 12.8 Å². The fourth-order valence-electron chi connectivity index (χ4n) is 0.851. The van der Waals surface area contributed by atoms with E-state index in [-0.39, 0.29) is 24.2 Å². The van der Waals surface area contributed by atoms with Gasteiger partial charge < -0.3 is 5.73 Å². The molecule has 0 unspecified atom stereocenters. The van der Waals surface area contributed by atoms with Gasteiger partial charge in [-0.25, -0.2) is 8.78 Å². The molecule has 56 valence electrons. The summed E-state index contributed by atoms with van der Waals surface area (Å²) in [4.78, 5) is 0. The average Bonchev–Trinajstić information content (AvgIpc) is 2.42. The van der Waals surface area contributed by atoms with Crippen LogP contribution in [-0.4, -0.2) is 13.0 Å². The van der Waals surface area contributed by atoms with Gasteiger partial charge in [0.2, 0.25) is 6.43 Å². The second kappa shape index (κ2) is 3.32. The Morgan fingerprint density at radius 3 is 2.22 bits per heavy atom. The van der Waals surface area contributed by atoms with Crippen LogP contribution >= 0.6 is 12.4 Å². The van der Waals surface area contributed by atoms with Crippen molar-refractivity contribution in [3.05, 3.63) is 0 Å². The summed E-state index contributed by atoms with van der Waals surface area (Å²) in [7, 11) is 0. The van der Waals surface area contributed by atoms with E-state index in [0.717, 1.165) is 0 Å². The summed E-state index contributed by atoms with van der Waals surface area (Å²) in [5, 5.41) is 0. The van der Waals surface area contributed by atoms with Gasteiger partial charge in [0, 0.05) is 5.92 Å². The molecule has 1 aliphatic carbocycles. The summed E-state index contributed by atoms with van der Waals surface area (Å²) in [5.41, 5.74) is 5.13. The summed E-state index contributed by atoms with van der Waals surface area (Å²) in [5.74, 6) is -0.255. The molecule has 1 saturated carbocycles. The van der Waals surface area contributed by atoms with Crippen LogP contribution in [0.25, 0.3) is 0 Å². The van der Waals surface area contributed by atoms with Crippen molar-refractivity contribution in [1.29, 1.82) is 0 Å². The van der Waals surface area contributed by atoms with Gasteiger partial charge in [-0.1, -0.05) is 0 Å². The first-order chi connectivity index (χ1) is 3.75. The van der Waals surface area contributed by atoms with Gasteiger partial charge in [-0.15, -0.1) is 12.4 Å². The van der Waals surface area contributed by atoms with E-state index in [9.17, 15) is 8.78 Å². The highest BCUT2D eigenvalue weighted by Gasteiger charge is 2.42. The van der Waals surface area contributed by atoms with Crippen LogP contribution in [0.5, 0.6) is 0 Å². The molecule has 0 aromatic heterocycles. The van der Waals surface area contributed by atoms with Crippen molar-refractivity contribution in [3.63, 3.8) is 0 Å². The van der Waals surface area contributed by atoms with E-state index >= 15 is 0 Å². The highest BCUT2D eigenvalue weighted by atomic mass is 35.5. The molecule has 9 heavy (non-hydrogen) atoms. The van der Waals surface area contributed by atoms with Crippen LogP contribution in [0.2, 0.25) is 0 Å². The van der Waals surface area contributed by atoms with Crippen molar-refractivity contribution >= 4 is 12.4 Å². The lowest BCUT2D eigenvalue weighted by Gasteiger charge is -1.91. The molecular weight excluding hydrogens is 148 g/mol. The third kappa shape index (κ3) is 2.06. The molecule has 2 atom stereocenters. The summed E-state index contributed by atoms with van der Waals surface area (Å²) in [6, 6.07) is 0. The number of nitrogens with two attached hydrogens (primary N) is 1. The zero-order valence-electron chi connectivity index (χ0n) is 4.89. The monoisotopic (exact) mass is 157 g/mol. The van der Waals surface area contributed by atoms with E-state index in [1.54, 1.807) is 0 Å². The maximum Gasteiger partial charge on any atom is 0.241 e. The summed E-state index contributed by atoms with van der Waals surface area (Å²) in [6.45, 7) is 0.426. The predicted octanol–water partition coefficient (Wildman–Crippen LogP) is 1.27. The van der Waals surface area contributed by atoms with E-state index in [2.05, 4.69) is 0 Å². The first-order valence-corrected chi connectivity index (χ1v) is 2.74. The van der Waals surface area contributed by atoms with Gasteiger partial charge in [0.15, 0.2) is 0 Å². The molecule has 0 amide bonds.